The molecule has 0 bridgehead atoms. The molecule has 0 unspecified atom stereocenters. The Balaban J connectivity index is 2.34. The molecule has 92 valence electrons. The molecule has 0 aliphatic carbocycles. The van der Waals surface area contributed by atoms with Crippen LogP contribution in [0.15, 0.2) is 35.4 Å². The molecule has 2 N–H and O–H groups in total. The Labute approximate surface area is 104 Å². The third-order valence-corrected chi connectivity index (χ3v) is 3.81. The first-order valence-electron chi connectivity index (χ1n) is 5.06. The van der Waals surface area contributed by atoms with Gasteiger partial charge in [0.1, 0.15) is 4.90 Å². The van der Waals surface area contributed by atoms with E-state index in [1.807, 2.05) is 6.07 Å². The van der Waals surface area contributed by atoms with Crippen LogP contribution in [-0.4, -0.2) is 18.6 Å². The van der Waals surface area contributed by atoms with Gasteiger partial charge < -0.3 is 0 Å². The summed E-state index contributed by atoms with van der Waals surface area (Å²) in [4.78, 5) is 0.0878. The number of rotatable bonds is 3. The Morgan fingerprint density at radius 3 is 2.83 bits per heavy atom. The van der Waals surface area contributed by atoms with E-state index < -0.39 is 10.0 Å². The molecule has 6 nitrogen and oxygen atoms in total. The van der Waals surface area contributed by atoms with Crippen LogP contribution < -0.4 is 4.72 Å². The van der Waals surface area contributed by atoms with E-state index in [4.69, 9.17) is 5.26 Å². The molecule has 0 amide bonds. The minimum absolute atomic E-state index is 0.0878. The summed E-state index contributed by atoms with van der Waals surface area (Å²) < 4.78 is 26.5. The summed E-state index contributed by atoms with van der Waals surface area (Å²) in [5, 5.41) is 15.0. The van der Waals surface area contributed by atoms with Crippen molar-refractivity contribution in [1.29, 1.82) is 5.26 Å². The lowest BCUT2D eigenvalue weighted by Crippen LogP contribution is -2.13. The van der Waals surface area contributed by atoms with Gasteiger partial charge in [0.05, 0.1) is 29.2 Å². The summed E-state index contributed by atoms with van der Waals surface area (Å²) in [6, 6.07) is 8.20. The molecule has 0 aliphatic heterocycles. The summed E-state index contributed by atoms with van der Waals surface area (Å²) >= 11 is 0. The highest BCUT2D eigenvalue weighted by molar-refractivity contribution is 7.92. The number of nitrogens with zero attached hydrogens (tertiary/aromatic N) is 2. The smallest absolute Gasteiger partial charge is 0.265 e. The van der Waals surface area contributed by atoms with Crippen molar-refractivity contribution in [3.63, 3.8) is 0 Å². The van der Waals surface area contributed by atoms with Crippen LogP contribution in [0, 0.1) is 18.3 Å². The van der Waals surface area contributed by atoms with E-state index in [0.29, 0.717) is 16.9 Å². The van der Waals surface area contributed by atoms with Crippen molar-refractivity contribution in [3.8, 4) is 6.07 Å². The van der Waals surface area contributed by atoms with Gasteiger partial charge in [-0.2, -0.15) is 10.4 Å². The molecule has 0 radical (unpaired) electrons. The number of aryl methyl sites for hydroxylation is 1. The predicted molar refractivity (Wildman–Crippen MR) is 65.3 cm³/mol. The minimum Gasteiger partial charge on any atom is -0.281 e. The van der Waals surface area contributed by atoms with Crippen LogP contribution in [0.2, 0.25) is 0 Å². The number of anilines is 1. The minimum atomic E-state index is -3.68. The molecule has 1 aromatic carbocycles. The lowest BCUT2D eigenvalue weighted by atomic mass is 10.2. The Hall–Kier alpha value is -2.33. The lowest BCUT2D eigenvalue weighted by Gasteiger charge is -2.06. The molecule has 0 fully saturated rings. The SMILES string of the molecule is Cc1[nH]ncc1S(=O)(=O)Nc1cccc(C#N)c1. The van der Waals surface area contributed by atoms with Crippen molar-refractivity contribution < 1.29 is 8.42 Å². The molecular weight excluding hydrogens is 252 g/mol. The molecule has 7 heteroatoms. The van der Waals surface area contributed by atoms with Crippen LogP contribution in [0.4, 0.5) is 5.69 Å². The third kappa shape index (κ3) is 2.33. The van der Waals surface area contributed by atoms with Gasteiger partial charge in [-0.15, -0.1) is 0 Å². The Bertz CT molecular complexity index is 713. The maximum atomic E-state index is 12.0. The first kappa shape index (κ1) is 12.1. The second-order valence-electron chi connectivity index (χ2n) is 3.66. The van der Waals surface area contributed by atoms with Crippen LogP contribution in [0.3, 0.4) is 0 Å². The number of benzene rings is 1. The monoisotopic (exact) mass is 262 g/mol. The highest BCUT2D eigenvalue weighted by Gasteiger charge is 2.18. The Morgan fingerprint density at radius 2 is 2.22 bits per heavy atom. The number of aromatic amines is 1. The van der Waals surface area contributed by atoms with Gasteiger partial charge >= 0.3 is 0 Å². The third-order valence-electron chi connectivity index (χ3n) is 2.32. The highest BCUT2D eigenvalue weighted by Crippen LogP contribution is 2.18. The topological polar surface area (TPSA) is 98.6 Å². The van der Waals surface area contributed by atoms with Gasteiger partial charge in [-0.05, 0) is 25.1 Å². The fourth-order valence-corrected chi connectivity index (χ4v) is 2.66. The summed E-state index contributed by atoms with van der Waals surface area (Å²) in [5.41, 5.74) is 1.19. The van der Waals surface area contributed by atoms with E-state index in [0.717, 1.165) is 0 Å². The predicted octanol–water partition coefficient (Wildman–Crippen LogP) is 1.39. The zero-order valence-corrected chi connectivity index (χ0v) is 10.3. The number of sulfonamides is 1. The van der Waals surface area contributed by atoms with Gasteiger partial charge in [0.15, 0.2) is 0 Å². The first-order valence-corrected chi connectivity index (χ1v) is 6.54. The Kier molecular flexibility index (Phi) is 3.04. The van der Waals surface area contributed by atoms with Gasteiger partial charge in [0, 0.05) is 0 Å². The lowest BCUT2D eigenvalue weighted by molar-refractivity contribution is 0.600. The summed E-state index contributed by atoms with van der Waals surface area (Å²) in [6.07, 6.45) is 1.24. The zero-order valence-electron chi connectivity index (χ0n) is 9.51. The summed E-state index contributed by atoms with van der Waals surface area (Å²) in [6.45, 7) is 1.62. The number of hydrogen-bond donors (Lipinski definition) is 2. The van der Waals surface area contributed by atoms with Gasteiger partial charge in [0.2, 0.25) is 0 Å². The van der Waals surface area contributed by atoms with E-state index in [1.54, 1.807) is 25.1 Å². The average molecular weight is 262 g/mol. The van der Waals surface area contributed by atoms with Crippen LogP contribution in [0.25, 0.3) is 0 Å². The maximum absolute atomic E-state index is 12.0. The molecule has 1 heterocycles. The molecule has 0 atom stereocenters. The van der Waals surface area contributed by atoms with E-state index in [-0.39, 0.29) is 4.90 Å². The largest absolute Gasteiger partial charge is 0.281 e. The number of aromatic nitrogens is 2. The van der Waals surface area contributed by atoms with E-state index >= 15 is 0 Å². The molecule has 0 saturated heterocycles. The second-order valence-corrected chi connectivity index (χ2v) is 5.31. The van der Waals surface area contributed by atoms with Gasteiger partial charge in [-0.25, -0.2) is 8.42 Å². The van der Waals surface area contributed by atoms with Crippen molar-refractivity contribution in [2.24, 2.45) is 0 Å². The highest BCUT2D eigenvalue weighted by atomic mass is 32.2. The van der Waals surface area contributed by atoms with Crippen molar-refractivity contribution in [2.75, 3.05) is 4.72 Å². The first-order chi connectivity index (χ1) is 8.53. The molecule has 0 saturated carbocycles. The van der Waals surface area contributed by atoms with Crippen LogP contribution in [0.5, 0.6) is 0 Å². The van der Waals surface area contributed by atoms with Crippen molar-refractivity contribution in [2.45, 2.75) is 11.8 Å². The Morgan fingerprint density at radius 1 is 1.44 bits per heavy atom. The average Bonchev–Trinajstić information content (AvgIpc) is 2.76. The van der Waals surface area contributed by atoms with E-state index in [9.17, 15) is 8.42 Å². The molecular formula is C11H10N4O2S. The van der Waals surface area contributed by atoms with Crippen LogP contribution >= 0.6 is 0 Å². The van der Waals surface area contributed by atoms with Crippen LogP contribution in [-0.2, 0) is 10.0 Å². The van der Waals surface area contributed by atoms with Gasteiger partial charge in [0.25, 0.3) is 10.0 Å². The molecule has 0 spiro atoms. The van der Waals surface area contributed by atoms with Gasteiger partial charge in [-0.1, -0.05) is 6.07 Å². The molecule has 0 aliphatic rings. The fourth-order valence-electron chi connectivity index (χ4n) is 1.47. The zero-order chi connectivity index (χ0) is 13.2. The quantitative estimate of drug-likeness (QED) is 0.873. The van der Waals surface area contributed by atoms with Gasteiger partial charge in [-0.3, -0.25) is 9.82 Å². The normalized spacial score (nSPS) is 10.9. The molecule has 2 aromatic rings. The van der Waals surface area contributed by atoms with E-state index in [1.165, 1.54) is 12.3 Å². The number of nitriles is 1. The fraction of sp³-hybridized carbons (Fsp3) is 0.0909. The molecule has 1 aromatic heterocycles. The standard InChI is InChI=1S/C11H10N4O2S/c1-8-11(7-13-14-8)18(16,17)15-10-4-2-3-9(5-10)6-12/h2-5,7,15H,1H3,(H,13,14). The van der Waals surface area contributed by atoms with E-state index in [2.05, 4.69) is 14.9 Å². The van der Waals surface area contributed by atoms with Crippen molar-refractivity contribution in [3.05, 3.63) is 41.7 Å². The summed E-state index contributed by atoms with van der Waals surface area (Å²) in [5.74, 6) is 0. The number of hydrogen-bond acceptors (Lipinski definition) is 4. The number of nitrogens with one attached hydrogen (secondary N) is 2. The maximum Gasteiger partial charge on any atom is 0.265 e. The van der Waals surface area contributed by atoms with Crippen molar-refractivity contribution >= 4 is 15.7 Å². The molecule has 2 rings (SSSR count). The second kappa shape index (κ2) is 4.50. The van der Waals surface area contributed by atoms with Crippen LogP contribution in [0.1, 0.15) is 11.3 Å². The summed E-state index contributed by atoms with van der Waals surface area (Å²) in [7, 11) is -3.68. The number of H-pyrrole nitrogens is 1. The molecule has 18 heavy (non-hydrogen) atoms. The van der Waals surface area contributed by atoms with Crippen molar-refractivity contribution in [1.82, 2.24) is 10.2 Å².